The van der Waals surface area contributed by atoms with Crippen molar-refractivity contribution in [1.29, 1.82) is 0 Å². The lowest BCUT2D eigenvalue weighted by atomic mass is 10.3. The highest BCUT2D eigenvalue weighted by molar-refractivity contribution is 5.38. The molecule has 0 heterocycles. The minimum absolute atomic E-state index is 0.0787. The van der Waals surface area contributed by atoms with Crippen molar-refractivity contribution in [2.24, 2.45) is 0 Å². The molecule has 1 atom stereocenters. The van der Waals surface area contributed by atoms with E-state index in [2.05, 4.69) is 11.3 Å². The molecule has 0 bridgehead atoms. The topological polar surface area (TPSA) is 26.3 Å². The Kier molecular flexibility index (Phi) is 3.94. The second kappa shape index (κ2) is 4.37. The van der Waals surface area contributed by atoms with Crippen LogP contribution >= 0.6 is 0 Å². The van der Waals surface area contributed by atoms with Crippen molar-refractivity contribution < 1.29 is 9.53 Å². The third kappa shape index (κ3) is 3.40. The molecule has 0 saturated carbocycles. The van der Waals surface area contributed by atoms with Crippen molar-refractivity contribution in [3.63, 3.8) is 0 Å². The standard InChI is InChI=1S/C6H9O2/c1-3-4-6(2)8-5-7/h3,6H,1,4H2,2H3. The fourth-order valence-corrected chi connectivity index (χ4v) is 0.365. The largest absolute Gasteiger partial charge is 0.454 e. The molecular formula is C6H9O2. The minimum atomic E-state index is -0.0787. The molecule has 0 rings (SSSR count). The first-order chi connectivity index (χ1) is 3.81. The van der Waals surface area contributed by atoms with E-state index in [9.17, 15) is 4.79 Å². The van der Waals surface area contributed by atoms with Crippen LogP contribution in [0.5, 0.6) is 0 Å². The highest BCUT2D eigenvalue weighted by Gasteiger charge is 1.95. The summed E-state index contributed by atoms with van der Waals surface area (Å²) in [5, 5.41) is 0. The Labute approximate surface area is 49.1 Å². The highest BCUT2D eigenvalue weighted by Crippen LogP contribution is 1.93. The van der Waals surface area contributed by atoms with E-state index in [0.29, 0.717) is 6.42 Å². The number of hydrogen-bond acceptors (Lipinski definition) is 2. The first-order valence-corrected chi connectivity index (χ1v) is 2.45. The molecule has 1 unspecified atom stereocenters. The third-order valence-corrected chi connectivity index (χ3v) is 0.748. The van der Waals surface area contributed by atoms with Crippen molar-refractivity contribution >= 4 is 6.47 Å². The summed E-state index contributed by atoms with van der Waals surface area (Å²) >= 11 is 0. The average Bonchev–Trinajstić information content (AvgIpc) is 1.68. The molecule has 0 N–H and O–H groups in total. The Morgan fingerprint density at radius 3 is 3.00 bits per heavy atom. The van der Waals surface area contributed by atoms with E-state index in [1.165, 1.54) is 6.47 Å². The van der Waals surface area contributed by atoms with Crippen LogP contribution in [0.2, 0.25) is 0 Å². The van der Waals surface area contributed by atoms with Crippen molar-refractivity contribution in [2.45, 2.75) is 19.4 Å². The third-order valence-electron chi connectivity index (χ3n) is 0.748. The molecule has 8 heavy (non-hydrogen) atoms. The maximum atomic E-state index is 9.51. The summed E-state index contributed by atoms with van der Waals surface area (Å²) in [6.07, 6.45) is 2.31. The minimum Gasteiger partial charge on any atom is -0.454 e. The molecule has 0 aromatic carbocycles. The molecule has 0 aromatic heterocycles. The van der Waals surface area contributed by atoms with Crippen LogP contribution in [0.4, 0.5) is 0 Å². The summed E-state index contributed by atoms with van der Waals surface area (Å²) in [7, 11) is 0. The zero-order chi connectivity index (χ0) is 6.41. The molecule has 2 nitrogen and oxygen atoms in total. The summed E-state index contributed by atoms with van der Waals surface area (Å²) in [6.45, 7) is 6.61. The van der Waals surface area contributed by atoms with E-state index in [-0.39, 0.29) is 6.10 Å². The first-order valence-electron chi connectivity index (χ1n) is 2.45. The fraction of sp³-hybridized carbons (Fsp3) is 0.500. The Balaban J connectivity index is 3.16. The average molecular weight is 113 g/mol. The summed E-state index contributed by atoms with van der Waals surface area (Å²) < 4.78 is 4.41. The molecule has 1 radical (unpaired) electrons. The van der Waals surface area contributed by atoms with Crippen LogP contribution in [0.3, 0.4) is 0 Å². The van der Waals surface area contributed by atoms with Crippen LogP contribution in [-0.2, 0) is 9.53 Å². The van der Waals surface area contributed by atoms with Crippen molar-refractivity contribution in [2.75, 3.05) is 0 Å². The van der Waals surface area contributed by atoms with Gasteiger partial charge in [-0.25, -0.2) is 4.79 Å². The predicted molar refractivity (Wildman–Crippen MR) is 31.1 cm³/mol. The molecule has 2 heteroatoms. The van der Waals surface area contributed by atoms with Gasteiger partial charge in [0.25, 0.3) is 0 Å². The van der Waals surface area contributed by atoms with Crippen molar-refractivity contribution in [3.8, 4) is 0 Å². The number of carbonyl (C=O) groups excluding carboxylic acids is 1. The molecule has 45 valence electrons. The maximum Gasteiger partial charge on any atom is 0.417 e. The molecule has 0 aromatic rings. The molecule has 0 saturated heterocycles. The van der Waals surface area contributed by atoms with Gasteiger partial charge in [0.05, 0.1) is 0 Å². The van der Waals surface area contributed by atoms with E-state index >= 15 is 0 Å². The smallest absolute Gasteiger partial charge is 0.417 e. The van der Waals surface area contributed by atoms with E-state index in [1.807, 2.05) is 0 Å². The van der Waals surface area contributed by atoms with Gasteiger partial charge in [0, 0.05) is 6.42 Å². The Hall–Kier alpha value is -0.790. The SMILES string of the molecule is C=CCC(C)O[C]=O. The lowest BCUT2D eigenvalue weighted by Gasteiger charge is -2.02. The second-order valence-corrected chi connectivity index (χ2v) is 1.54. The Morgan fingerprint density at radius 1 is 2.00 bits per heavy atom. The summed E-state index contributed by atoms with van der Waals surface area (Å²) in [6, 6.07) is 0. The quantitative estimate of drug-likeness (QED) is 0.509. The zero-order valence-electron chi connectivity index (χ0n) is 4.89. The monoisotopic (exact) mass is 113 g/mol. The second-order valence-electron chi connectivity index (χ2n) is 1.54. The predicted octanol–water partition coefficient (Wildman–Crippen LogP) is 1.03. The first kappa shape index (κ1) is 7.21. The number of ether oxygens (including phenoxy) is 1. The van der Waals surface area contributed by atoms with Gasteiger partial charge in [-0.15, -0.1) is 6.58 Å². The molecule has 0 fully saturated rings. The lowest BCUT2D eigenvalue weighted by Crippen LogP contribution is -2.03. The van der Waals surface area contributed by atoms with Crippen LogP contribution in [0, 0.1) is 0 Å². The van der Waals surface area contributed by atoms with Crippen LogP contribution in [0.25, 0.3) is 0 Å². The number of rotatable bonds is 4. The van der Waals surface area contributed by atoms with E-state index in [4.69, 9.17) is 0 Å². The van der Waals surface area contributed by atoms with Gasteiger partial charge in [-0.05, 0) is 6.92 Å². The van der Waals surface area contributed by atoms with Gasteiger partial charge < -0.3 is 4.74 Å². The molecular weight excluding hydrogens is 104 g/mol. The van der Waals surface area contributed by atoms with Crippen LogP contribution < -0.4 is 0 Å². The van der Waals surface area contributed by atoms with Gasteiger partial charge in [0.15, 0.2) is 0 Å². The molecule has 0 aliphatic carbocycles. The highest BCUT2D eigenvalue weighted by atomic mass is 16.5. The maximum absolute atomic E-state index is 9.51. The zero-order valence-corrected chi connectivity index (χ0v) is 4.89. The summed E-state index contributed by atoms with van der Waals surface area (Å²) in [4.78, 5) is 9.51. The molecule has 0 aliphatic rings. The van der Waals surface area contributed by atoms with Crippen LogP contribution in [0.1, 0.15) is 13.3 Å². The summed E-state index contributed by atoms with van der Waals surface area (Å²) in [5.74, 6) is 0. The van der Waals surface area contributed by atoms with Gasteiger partial charge in [0.2, 0.25) is 0 Å². The van der Waals surface area contributed by atoms with Gasteiger partial charge in [0.1, 0.15) is 6.10 Å². The van der Waals surface area contributed by atoms with Crippen molar-refractivity contribution in [1.82, 2.24) is 0 Å². The molecule has 0 aliphatic heterocycles. The number of hydrogen-bond donors (Lipinski definition) is 0. The van der Waals surface area contributed by atoms with E-state index in [0.717, 1.165) is 0 Å². The van der Waals surface area contributed by atoms with E-state index < -0.39 is 0 Å². The van der Waals surface area contributed by atoms with Gasteiger partial charge in [-0.3, -0.25) is 0 Å². The van der Waals surface area contributed by atoms with E-state index in [1.54, 1.807) is 13.0 Å². The van der Waals surface area contributed by atoms with Crippen molar-refractivity contribution in [3.05, 3.63) is 12.7 Å². The summed E-state index contributed by atoms with van der Waals surface area (Å²) in [5.41, 5.74) is 0. The Morgan fingerprint density at radius 2 is 2.62 bits per heavy atom. The van der Waals surface area contributed by atoms with Gasteiger partial charge in [-0.2, -0.15) is 0 Å². The fourth-order valence-electron chi connectivity index (χ4n) is 0.365. The molecule has 0 spiro atoms. The van der Waals surface area contributed by atoms with Gasteiger partial charge >= 0.3 is 6.47 Å². The molecule has 0 amide bonds. The normalized spacial score (nSPS) is 12.1. The lowest BCUT2D eigenvalue weighted by molar-refractivity contribution is 0.197. The van der Waals surface area contributed by atoms with Crippen LogP contribution in [-0.4, -0.2) is 12.6 Å². The van der Waals surface area contributed by atoms with Crippen LogP contribution in [0.15, 0.2) is 12.7 Å². The Bertz CT molecular complexity index is 68.6. The van der Waals surface area contributed by atoms with Gasteiger partial charge in [-0.1, -0.05) is 6.08 Å².